The Morgan fingerprint density at radius 2 is 1.57 bits per heavy atom. The second-order valence-corrected chi connectivity index (χ2v) is 9.02. The van der Waals surface area contributed by atoms with E-state index in [4.69, 9.17) is 0 Å². The van der Waals surface area contributed by atoms with Crippen molar-refractivity contribution in [3.63, 3.8) is 0 Å². The summed E-state index contributed by atoms with van der Waals surface area (Å²) in [6.07, 6.45) is 0.417. The van der Waals surface area contributed by atoms with Gasteiger partial charge in [0, 0.05) is 5.56 Å². The smallest absolute Gasteiger partial charge is 0.345 e. The molecule has 0 aliphatic heterocycles. The van der Waals surface area contributed by atoms with E-state index in [1.807, 2.05) is 30.3 Å². The first kappa shape index (κ1) is 24.9. The third-order valence-electron chi connectivity index (χ3n) is 6.59. The van der Waals surface area contributed by atoms with E-state index in [0.717, 1.165) is 43.7 Å². The van der Waals surface area contributed by atoms with Gasteiger partial charge in [0.1, 0.15) is 11.6 Å². The number of carbonyl (C=O) groups is 1. The van der Waals surface area contributed by atoms with Crippen LogP contribution in [0.5, 0.6) is 0 Å². The summed E-state index contributed by atoms with van der Waals surface area (Å²) in [7, 11) is 0. The molecule has 1 fully saturated rings. The molecule has 7 heteroatoms. The Balaban J connectivity index is 1.66. The van der Waals surface area contributed by atoms with Gasteiger partial charge in [-0.25, -0.2) is 8.78 Å². The number of amides is 1. The van der Waals surface area contributed by atoms with Gasteiger partial charge in [-0.05, 0) is 66.1 Å². The Morgan fingerprint density at radius 1 is 0.886 bits per heavy atom. The van der Waals surface area contributed by atoms with Crippen molar-refractivity contribution in [3.05, 3.63) is 106 Å². The summed E-state index contributed by atoms with van der Waals surface area (Å²) < 4.78 is 67.9. The molecule has 0 unspecified atom stereocenters. The molecular formula is C28H26F5NO. The van der Waals surface area contributed by atoms with Crippen LogP contribution in [0.25, 0.3) is 0 Å². The van der Waals surface area contributed by atoms with Crippen LogP contribution in [0.3, 0.4) is 0 Å². The van der Waals surface area contributed by atoms with Crippen molar-refractivity contribution in [3.8, 4) is 0 Å². The van der Waals surface area contributed by atoms with Crippen LogP contribution in [-0.2, 0) is 12.6 Å². The van der Waals surface area contributed by atoms with Crippen LogP contribution in [-0.4, -0.2) is 5.91 Å². The van der Waals surface area contributed by atoms with Crippen molar-refractivity contribution in [2.45, 2.75) is 56.7 Å². The van der Waals surface area contributed by atoms with Crippen LogP contribution in [0.2, 0.25) is 0 Å². The number of hydrogen-bond donors (Lipinski definition) is 1. The number of carbonyl (C=O) groups excluding carboxylic acids is 1. The number of nitrogens with one attached hydrogen (secondary N) is 1. The fourth-order valence-electron chi connectivity index (χ4n) is 4.73. The molecule has 35 heavy (non-hydrogen) atoms. The summed E-state index contributed by atoms with van der Waals surface area (Å²) in [5.74, 6) is -2.40. The van der Waals surface area contributed by atoms with Gasteiger partial charge in [0.2, 0.25) is 0 Å². The van der Waals surface area contributed by atoms with Crippen molar-refractivity contribution < 1.29 is 26.7 Å². The van der Waals surface area contributed by atoms with Crippen LogP contribution in [0.15, 0.2) is 66.7 Å². The largest absolute Gasteiger partial charge is 0.419 e. The SMILES string of the molecule is O=C(N[C@@H](Cc1ccccc1)c1ccc(F)c(C2CCCCC2)c1)c1ccc(F)c(C(F)(F)F)c1. The first-order valence-electron chi connectivity index (χ1n) is 11.7. The van der Waals surface area contributed by atoms with Gasteiger partial charge in [0.25, 0.3) is 5.91 Å². The summed E-state index contributed by atoms with van der Waals surface area (Å²) in [6.45, 7) is 0. The number of benzene rings is 3. The molecule has 1 N–H and O–H groups in total. The summed E-state index contributed by atoms with van der Waals surface area (Å²) in [4.78, 5) is 13.0. The molecule has 1 saturated carbocycles. The zero-order valence-corrected chi connectivity index (χ0v) is 19.0. The van der Waals surface area contributed by atoms with Crippen molar-refractivity contribution in [2.75, 3.05) is 0 Å². The van der Waals surface area contributed by atoms with Gasteiger partial charge in [-0.2, -0.15) is 13.2 Å². The molecule has 0 aromatic heterocycles. The maximum atomic E-state index is 14.7. The summed E-state index contributed by atoms with van der Waals surface area (Å²) >= 11 is 0. The lowest BCUT2D eigenvalue weighted by atomic mass is 9.82. The van der Waals surface area contributed by atoms with Crippen molar-refractivity contribution in [1.82, 2.24) is 5.32 Å². The second-order valence-electron chi connectivity index (χ2n) is 9.02. The third kappa shape index (κ3) is 6.08. The molecule has 1 aliphatic rings. The maximum absolute atomic E-state index is 14.7. The Morgan fingerprint density at radius 3 is 2.26 bits per heavy atom. The quantitative estimate of drug-likeness (QED) is 0.354. The fourth-order valence-corrected chi connectivity index (χ4v) is 4.73. The third-order valence-corrected chi connectivity index (χ3v) is 6.59. The minimum Gasteiger partial charge on any atom is -0.345 e. The molecule has 0 bridgehead atoms. The monoisotopic (exact) mass is 487 g/mol. The minimum atomic E-state index is -4.92. The highest BCUT2D eigenvalue weighted by atomic mass is 19.4. The zero-order chi connectivity index (χ0) is 25.0. The average molecular weight is 488 g/mol. The topological polar surface area (TPSA) is 29.1 Å². The van der Waals surface area contributed by atoms with Crippen LogP contribution >= 0.6 is 0 Å². The molecule has 1 atom stereocenters. The van der Waals surface area contributed by atoms with Gasteiger partial charge in [-0.3, -0.25) is 4.79 Å². The molecule has 0 saturated heterocycles. The number of halogens is 5. The lowest BCUT2D eigenvalue weighted by Gasteiger charge is -2.25. The molecule has 1 aliphatic carbocycles. The molecule has 0 radical (unpaired) electrons. The first-order chi connectivity index (χ1) is 16.7. The van der Waals surface area contributed by atoms with E-state index in [1.165, 1.54) is 6.07 Å². The molecule has 3 aromatic rings. The Labute approximate surface area is 201 Å². The fraction of sp³-hybridized carbons (Fsp3) is 0.321. The van der Waals surface area contributed by atoms with Gasteiger partial charge in [0.15, 0.2) is 0 Å². The Bertz CT molecular complexity index is 1170. The molecule has 0 spiro atoms. The van der Waals surface area contributed by atoms with E-state index >= 15 is 0 Å². The molecule has 4 rings (SSSR count). The van der Waals surface area contributed by atoms with E-state index in [-0.39, 0.29) is 17.3 Å². The van der Waals surface area contributed by atoms with Gasteiger partial charge >= 0.3 is 6.18 Å². The first-order valence-corrected chi connectivity index (χ1v) is 11.7. The van der Waals surface area contributed by atoms with E-state index in [1.54, 1.807) is 12.1 Å². The van der Waals surface area contributed by atoms with Crippen molar-refractivity contribution in [1.29, 1.82) is 0 Å². The molecule has 1 amide bonds. The number of hydrogen-bond acceptors (Lipinski definition) is 1. The summed E-state index contributed by atoms with van der Waals surface area (Å²) in [5, 5.41) is 2.79. The molecule has 2 nitrogen and oxygen atoms in total. The zero-order valence-electron chi connectivity index (χ0n) is 19.0. The maximum Gasteiger partial charge on any atom is 0.419 e. The average Bonchev–Trinajstić information content (AvgIpc) is 2.84. The van der Waals surface area contributed by atoms with Crippen LogP contribution in [0, 0.1) is 11.6 Å². The summed E-state index contributed by atoms with van der Waals surface area (Å²) in [5.41, 5.74) is 0.381. The predicted molar refractivity (Wildman–Crippen MR) is 124 cm³/mol. The molecule has 3 aromatic carbocycles. The highest BCUT2D eigenvalue weighted by Gasteiger charge is 2.35. The van der Waals surface area contributed by atoms with Crippen LogP contribution in [0.4, 0.5) is 22.0 Å². The van der Waals surface area contributed by atoms with Gasteiger partial charge in [0.05, 0.1) is 11.6 Å². The lowest BCUT2D eigenvalue weighted by Crippen LogP contribution is -2.30. The van der Waals surface area contributed by atoms with Gasteiger partial charge in [-0.1, -0.05) is 61.7 Å². The molecule has 0 heterocycles. The van der Waals surface area contributed by atoms with Crippen molar-refractivity contribution in [2.24, 2.45) is 0 Å². The minimum absolute atomic E-state index is 0.100. The van der Waals surface area contributed by atoms with Crippen LogP contribution in [0.1, 0.15) is 76.7 Å². The highest BCUT2D eigenvalue weighted by molar-refractivity contribution is 5.94. The second kappa shape index (κ2) is 10.6. The molecule has 184 valence electrons. The van der Waals surface area contributed by atoms with Crippen LogP contribution < -0.4 is 5.32 Å². The predicted octanol–water partition coefficient (Wildman–Crippen LogP) is 7.75. The van der Waals surface area contributed by atoms with E-state index in [2.05, 4.69) is 5.32 Å². The molecular weight excluding hydrogens is 461 g/mol. The van der Waals surface area contributed by atoms with Crippen molar-refractivity contribution >= 4 is 5.91 Å². The van der Waals surface area contributed by atoms with Gasteiger partial charge < -0.3 is 5.32 Å². The van der Waals surface area contributed by atoms with Gasteiger partial charge in [-0.15, -0.1) is 0 Å². The van der Waals surface area contributed by atoms with E-state index in [0.29, 0.717) is 29.7 Å². The van der Waals surface area contributed by atoms with E-state index < -0.39 is 29.5 Å². The number of rotatable bonds is 6. The Hall–Kier alpha value is -3.22. The normalized spacial score (nSPS) is 15.6. The lowest BCUT2D eigenvalue weighted by molar-refractivity contribution is -0.140. The standard InChI is InChI=1S/C28H26F5NO/c29-24-13-11-20(16-22(24)19-9-5-2-6-10-19)26(15-18-7-3-1-4-8-18)34-27(35)21-12-14-25(30)23(17-21)28(31,32)33/h1,3-4,7-8,11-14,16-17,19,26H,2,5-6,9-10,15H2,(H,34,35)/t26-/m0/s1. The summed E-state index contributed by atoms with van der Waals surface area (Å²) in [6, 6.07) is 15.6. The number of alkyl halides is 3. The highest BCUT2D eigenvalue weighted by Crippen LogP contribution is 2.36. The Kier molecular flexibility index (Phi) is 7.53. The van der Waals surface area contributed by atoms with E-state index in [9.17, 15) is 26.7 Å².